The van der Waals surface area contributed by atoms with Crippen molar-refractivity contribution >= 4 is 34.4 Å². The van der Waals surface area contributed by atoms with Gasteiger partial charge in [-0.15, -0.1) is 0 Å². The monoisotopic (exact) mass is 413 g/mol. The van der Waals surface area contributed by atoms with Gasteiger partial charge in [-0.3, -0.25) is 14.4 Å². The first-order valence-corrected chi connectivity index (χ1v) is 10.6. The van der Waals surface area contributed by atoms with Crippen LogP contribution in [0, 0.1) is 5.92 Å². The Morgan fingerprint density at radius 1 is 1.07 bits per heavy atom. The quantitative estimate of drug-likeness (QED) is 0.616. The molecule has 0 saturated carbocycles. The number of hydrogen-bond acceptors (Lipinski definition) is 5. The lowest BCUT2D eigenvalue weighted by Gasteiger charge is -2.18. The zero-order valence-electron chi connectivity index (χ0n) is 17.0. The Morgan fingerprint density at radius 2 is 1.79 bits per heavy atom. The Morgan fingerprint density at radius 3 is 2.41 bits per heavy atom. The summed E-state index contributed by atoms with van der Waals surface area (Å²) in [5, 5.41) is 2.93. The van der Waals surface area contributed by atoms with Gasteiger partial charge in [-0.2, -0.15) is 0 Å². The number of esters is 1. The van der Waals surface area contributed by atoms with Crippen molar-refractivity contribution in [3.63, 3.8) is 0 Å². The Kier molecular flexibility index (Phi) is 8.93. The van der Waals surface area contributed by atoms with Crippen molar-refractivity contribution < 1.29 is 19.1 Å². The van der Waals surface area contributed by atoms with Crippen LogP contribution in [0.3, 0.4) is 0 Å². The minimum Gasteiger partial charge on any atom is -0.469 e. The van der Waals surface area contributed by atoms with Crippen LogP contribution in [-0.2, 0) is 25.5 Å². The van der Waals surface area contributed by atoms with Gasteiger partial charge < -0.3 is 10.1 Å². The van der Waals surface area contributed by atoms with E-state index in [0.717, 1.165) is 22.9 Å². The molecule has 1 N–H and O–H groups in total. The number of amides is 1. The third kappa shape index (κ3) is 7.06. The molecule has 154 valence electrons. The van der Waals surface area contributed by atoms with Crippen molar-refractivity contribution in [2.24, 2.45) is 5.92 Å². The van der Waals surface area contributed by atoms with Crippen LogP contribution in [-0.4, -0.2) is 29.9 Å². The van der Waals surface area contributed by atoms with Gasteiger partial charge >= 0.3 is 5.97 Å². The van der Waals surface area contributed by atoms with Gasteiger partial charge in [0.05, 0.1) is 18.9 Å². The van der Waals surface area contributed by atoms with Crippen molar-refractivity contribution in [2.75, 3.05) is 18.2 Å². The molecule has 29 heavy (non-hydrogen) atoms. The Balaban J connectivity index is 2.16. The average molecular weight is 414 g/mol. The topological polar surface area (TPSA) is 72.5 Å². The normalized spacial score (nSPS) is 12.7. The molecule has 0 aliphatic carbocycles. The highest BCUT2D eigenvalue weighted by atomic mass is 32.2. The zero-order chi connectivity index (χ0) is 21.2. The first-order valence-electron chi connectivity index (χ1n) is 9.60. The number of ether oxygens (including phenoxy) is 1. The van der Waals surface area contributed by atoms with Crippen LogP contribution in [0.1, 0.15) is 37.3 Å². The van der Waals surface area contributed by atoms with Gasteiger partial charge in [0.1, 0.15) is 0 Å². The van der Waals surface area contributed by atoms with Crippen molar-refractivity contribution in [1.82, 2.24) is 0 Å². The molecule has 0 bridgehead atoms. The Hall–Kier alpha value is -2.60. The minimum absolute atomic E-state index is 0.0123. The highest BCUT2D eigenvalue weighted by molar-refractivity contribution is 8.13. The fourth-order valence-corrected chi connectivity index (χ4v) is 3.81. The molecule has 2 unspecified atom stereocenters. The van der Waals surface area contributed by atoms with Gasteiger partial charge in [-0.1, -0.05) is 61.2 Å². The molecule has 0 aromatic heterocycles. The fraction of sp³-hybridized carbons (Fsp3) is 0.348. The number of carbonyl (C=O) groups is 3. The SMILES string of the molecule is CCC(C(=O)OC)c1cccc(NC(=O)C(CSC(C)=O)Cc2ccccc2)c1. The van der Waals surface area contributed by atoms with Crippen molar-refractivity contribution in [2.45, 2.75) is 32.6 Å². The smallest absolute Gasteiger partial charge is 0.313 e. The molecular weight excluding hydrogens is 386 g/mol. The molecule has 0 radical (unpaired) electrons. The molecule has 0 spiro atoms. The third-order valence-electron chi connectivity index (χ3n) is 4.63. The van der Waals surface area contributed by atoms with Gasteiger partial charge in [0.2, 0.25) is 5.91 Å². The standard InChI is InChI=1S/C23H27NO4S/c1-4-21(23(27)28-3)18-11-8-12-20(14-18)24-22(26)19(15-29-16(2)25)13-17-9-6-5-7-10-17/h5-12,14,19,21H,4,13,15H2,1-3H3,(H,24,26). The van der Waals surface area contributed by atoms with E-state index in [1.807, 2.05) is 49.4 Å². The second-order valence-electron chi connectivity index (χ2n) is 6.79. The summed E-state index contributed by atoms with van der Waals surface area (Å²) in [6.45, 7) is 3.42. The first kappa shape index (κ1) is 22.7. The first-order chi connectivity index (χ1) is 13.9. The number of hydrogen-bond donors (Lipinski definition) is 1. The van der Waals surface area contributed by atoms with Gasteiger partial charge in [0.15, 0.2) is 5.12 Å². The largest absolute Gasteiger partial charge is 0.469 e. The van der Waals surface area contributed by atoms with E-state index in [4.69, 9.17) is 4.74 Å². The highest BCUT2D eigenvalue weighted by Crippen LogP contribution is 2.25. The summed E-state index contributed by atoms with van der Waals surface area (Å²) in [7, 11) is 1.37. The summed E-state index contributed by atoms with van der Waals surface area (Å²) < 4.78 is 4.88. The van der Waals surface area contributed by atoms with E-state index in [-0.39, 0.29) is 28.8 Å². The molecule has 0 aliphatic heterocycles. The van der Waals surface area contributed by atoms with Crippen molar-refractivity contribution in [3.8, 4) is 0 Å². The summed E-state index contributed by atoms with van der Waals surface area (Å²) in [5.41, 5.74) is 2.47. The van der Waals surface area contributed by atoms with Crippen LogP contribution in [0.15, 0.2) is 54.6 Å². The number of benzene rings is 2. The fourth-order valence-electron chi connectivity index (χ4n) is 3.10. The number of thioether (sulfide) groups is 1. The highest BCUT2D eigenvalue weighted by Gasteiger charge is 2.22. The molecule has 2 atom stereocenters. The summed E-state index contributed by atoms with van der Waals surface area (Å²) in [5.74, 6) is -0.750. The van der Waals surface area contributed by atoms with Gasteiger partial charge in [0.25, 0.3) is 0 Å². The Labute approximate surface area is 176 Å². The van der Waals surface area contributed by atoms with E-state index in [1.54, 1.807) is 12.1 Å². The maximum Gasteiger partial charge on any atom is 0.313 e. The molecule has 6 heteroatoms. The second-order valence-corrected chi connectivity index (χ2v) is 7.98. The van der Waals surface area contributed by atoms with Crippen LogP contribution in [0.2, 0.25) is 0 Å². The van der Waals surface area contributed by atoms with Crippen LogP contribution >= 0.6 is 11.8 Å². The molecule has 0 fully saturated rings. The molecule has 0 heterocycles. The van der Waals surface area contributed by atoms with E-state index >= 15 is 0 Å². The molecule has 2 rings (SSSR count). The molecule has 1 amide bonds. The van der Waals surface area contributed by atoms with Gasteiger partial charge in [-0.05, 0) is 36.1 Å². The lowest BCUT2D eigenvalue weighted by atomic mass is 9.96. The lowest BCUT2D eigenvalue weighted by molar-refractivity contribution is -0.142. The molecule has 0 saturated heterocycles. The summed E-state index contributed by atoms with van der Waals surface area (Å²) >= 11 is 1.16. The number of carbonyl (C=O) groups excluding carboxylic acids is 3. The number of rotatable bonds is 9. The van der Waals surface area contributed by atoms with Crippen LogP contribution in [0.5, 0.6) is 0 Å². The summed E-state index contributed by atoms with van der Waals surface area (Å²) in [4.78, 5) is 36.4. The number of anilines is 1. The van der Waals surface area contributed by atoms with Gasteiger partial charge in [-0.25, -0.2) is 0 Å². The van der Waals surface area contributed by atoms with E-state index in [2.05, 4.69) is 5.32 Å². The van der Waals surface area contributed by atoms with E-state index in [0.29, 0.717) is 24.3 Å². The lowest BCUT2D eigenvalue weighted by Crippen LogP contribution is -2.27. The molecule has 0 aliphatic rings. The van der Waals surface area contributed by atoms with E-state index in [9.17, 15) is 14.4 Å². The second kappa shape index (κ2) is 11.4. The van der Waals surface area contributed by atoms with Crippen LogP contribution < -0.4 is 5.32 Å². The maximum atomic E-state index is 12.9. The average Bonchev–Trinajstić information content (AvgIpc) is 2.72. The molecule has 2 aromatic carbocycles. The van der Waals surface area contributed by atoms with E-state index < -0.39 is 0 Å². The minimum atomic E-state index is -0.370. The van der Waals surface area contributed by atoms with Gasteiger partial charge in [0, 0.05) is 18.4 Å². The molecular formula is C23H27NO4S. The van der Waals surface area contributed by atoms with Crippen molar-refractivity contribution in [3.05, 3.63) is 65.7 Å². The number of methoxy groups -OCH3 is 1. The third-order valence-corrected chi connectivity index (χ3v) is 5.61. The summed E-state index contributed by atoms with van der Waals surface area (Å²) in [6.07, 6.45) is 1.16. The van der Waals surface area contributed by atoms with Crippen LogP contribution in [0.25, 0.3) is 0 Å². The zero-order valence-corrected chi connectivity index (χ0v) is 17.8. The van der Waals surface area contributed by atoms with Crippen LogP contribution in [0.4, 0.5) is 5.69 Å². The summed E-state index contributed by atoms with van der Waals surface area (Å²) in [6, 6.07) is 17.0. The predicted octanol–water partition coefficient (Wildman–Crippen LogP) is 4.43. The maximum absolute atomic E-state index is 12.9. The van der Waals surface area contributed by atoms with Crippen molar-refractivity contribution in [1.29, 1.82) is 0 Å². The number of nitrogens with one attached hydrogen (secondary N) is 1. The predicted molar refractivity (Wildman–Crippen MR) is 117 cm³/mol. The Bertz CT molecular complexity index is 838. The molecule has 2 aromatic rings. The molecule has 5 nitrogen and oxygen atoms in total. The van der Waals surface area contributed by atoms with E-state index in [1.165, 1.54) is 14.0 Å².